The van der Waals surface area contributed by atoms with Gasteiger partial charge in [0.1, 0.15) is 0 Å². The number of aliphatic hydroxyl groups is 1. The molecule has 1 saturated carbocycles. The number of benzene rings is 1. The molecule has 124 valence electrons. The largest absolute Gasteiger partial charge is 0.416 e. The molecule has 0 atom stereocenters. The highest BCUT2D eigenvalue weighted by molar-refractivity contribution is 7.92. The maximum atomic E-state index is 12.7. The second kappa shape index (κ2) is 5.82. The summed E-state index contributed by atoms with van der Waals surface area (Å²) in [5, 5.41) is 9.23. The van der Waals surface area contributed by atoms with Gasteiger partial charge >= 0.3 is 6.18 Å². The Labute approximate surface area is 127 Å². The molecule has 1 fully saturated rings. The van der Waals surface area contributed by atoms with Gasteiger partial charge in [0.25, 0.3) is 0 Å². The van der Waals surface area contributed by atoms with Gasteiger partial charge in [0.15, 0.2) is 9.84 Å². The van der Waals surface area contributed by atoms with Crippen LogP contribution in [0.4, 0.5) is 13.2 Å². The van der Waals surface area contributed by atoms with Crippen LogP contribution >= 0.6 is 0 Å². The molecule has 0 bridgehead atoms. The third-order valence-electron chi connectivity index (χ3n) is 4.17. The molecular formula is C14H18F3NO3S. The number of rotatable bonds is 3. The average Bonchev–Trinajstić information content (AvgIpc) is 2.47. The maximum absolute atomic E-state index is 12.7. The smallest absolute Gasteiger partial charge is 0.389 e. The van der Waals surface area contributed by atoms with E-state index in [0.717, 1.165) is 12.1 Å². The van der Waals surface area contributed by atoms with Gasteiger partial charge in [-0.15, -0.1) is 0 Å². The van der Waals surface area contributed by atoms with Gasteiger partial charge in [-0.2, -0.15) is 13.2 Å². The van der Waals surface area contributed by atoms with Crippen molar-refractivity contribution < 1.29 is 26.7 Å². The molecule has 1 aliphatic carbocycles. The fourth-order valence-corrected chi connectivity index (χ4v) is 4.49. The van der Waals surface area contributed by atoms with Crippen molar-refractivity contribution in [2.45, 2.75) is 47.6 Å². The number of alkyl halides is 3. The molecule has 0 saturated heterocycles. The predicted octanol–water partition coefficient (Wildman–Crippen LogP) is 2.11. The normalized spacial score (nSPS) is 26.9. The first kappa shape index (κ1) is 17.2. The molecule has 0 aliphatic heterocycles. The Morgan fingerprint density at radius 1 is 1.27 bits per heavy atom. The Kier molecular flexibility index (Phi) is 4.56. The summed E-state index contributed by atoms with van der Waals surface area (Å²) >= 11 is 0. The molecule has 2 rings (SSSR count). The third-order valence-corrected chi connectivity index (χ3v) is 6.43. The molecule has 8 heteroatoms. The van der Waals surface area contributed by atoms with E-state index >= 15 is 0 Å². The summed E-state index contributed by atoms with van der Waals surface area (Å²) in [5.41, 5.74) is 3.39. The molecule has 4 nitrogen and oxygen atoms in total. The fourth-order valence-electron chi connectivity index (χ4n) is 2.68. The lowest BCUT2D eigenvalue weighted by atomic mass is 9.85. The minimum absolute atomic E-state index is 0.0450. The van der Waals surface area contributed by atoms with E-state index in [2.05, 4.69) is 0 Å². The number of sulfone groups is 1. The second-order valence-electron chi connectivity index (χ2n) is 5.70. The van der Waals surface area contributed by atoms with Gasteiger partial charge < -0.3 is 10.8 Å². The van der Waals surface area contributed by atoms with Crippen LogP contribution in [0.2, 0.25) is 0 Å². The van der Waals surface area contributed by atoms with Crippen LogP contribution < -0.4 is 5.73 Å². The molecule has 1 aliphatic rings. The van der Waals surface area contributed by atoms with Crippen LogP contribution in [0.5, 0.6) is 0 Å². The first-order valence-corrected chi connectivity index (χ1v) is 8.47. The average molecular weight is 337 g/mol. The second-order valence-corrected chi connectivity index (χ2v) is 7.93. The molecule has 0 amide bonds. The first-order chi connectivity index (χ1) is 10.1. The SMILES string of the molecule is NC[C@]1(O)CC[C@@H](S(=O)(=O)c2cccc(C(F)(F)F)c2)CC1. The van der Waals surface area contributed by atoms with E-state index in [1.165, 1.54) is 6.07 Å². The monoisotopic (exact) mass is 337 g/mol. The summed E-state index contributed by atoms with van der Waals surface area (Å²) in [6.07, 6.45) is -3.75. The van der Waals surface area contributed by atoms with Gasteiger partial charge in [0.2, 0.25) is 0 Å². The third kappa shape index (κ3) is 3.44. The molecule has 0 spiro atoms. The summed E-state index contributed by atoms with van der Waals surface area (Å²) in [4.78, 5) is -0.328. The van der Waals surface area contributed by atoms with Crippen molar-refractivity contribution >= 4 is 9.84 Å². The molecule has 0 radical (unpaired) electrons. The maximum Gasteiger partial charge on any atom is 0.416 e. The van der Waals surface area contributed by atoms with Crippen molar-refractivity contribution in [1.82, 2.24) is 0 Å². The summed E-state index contributed by atoms with van der Waals surface area (Å²) in [6, 6.07) is 3.77. The lowest BCUT2D eigenvalue weighted by Gasteiger charge is -2.34. The van der Waals surface area contributed by atoms with Crippen molar-refractivity contribution in [3.63, 3.8) is 0 Å². The Hall–Kier alpha value is -1.12. The van der Waals surface area contributed by atoms with Crippen molar-refractivity contribution in [2.75, 3.05) is 6.54 Å². The Balaban J connectivity index is 2.25. The van der Waals surface area contributed by atoms with Gasteiger partial charge in [-0.1, -0.05) is 6.07 Å². The zero-order valence-corrected chi connectivity index (χ0v) is 12.6. The van der Waals surface area contributed by atoms with Crippen molar-refractivity contribution in [3.8, 4) is 0 Å². The predicted molar refractivity (Wildman–Crippen MR) is 74.9 cm³/mol. The van der Waals surface area contributed by atoms with Crippen LogP contribution in [0, 0.1) is 0 Å². The van der Waals surface area contributed by atoms with E-state index in [1.54, 1.807) is 0 Å². The van der Waals surface area contributed by atoms with E-state index in [-0.39, 0.29) is 37.1 Å². The standard InChI is InChI=1S/C14H18F3NO3S/c15-14(16,17)10-2-1-3-12(8-10)22(20,21)11-4-6-13(19,9-18)7-5-11/h1-3,8,11,19H,4-7,9,18H2/t11-,13+. The molecule has 22 heavy (non-hydrogen) atoms. The molecule has 1 aromatic carbocycles. The van der Waals surface area contributed by atoms with Crippen molar-refractivity contribution in [1.29, 1.82) is 0 Å². The minimum Gasteiger partial charge on any atom is -0.389 e. The van der Waals surface area contributed by atoms with Gasteiger partial charge in [-0.3, -0.25) is 0 Å². The number of hydrogen-bond donors (Lipinski definition) is 2. The minimum atomic E-state index is -4.59. The van der Waals surface area contributed by atoms with E-state index in [1.807, 2.05) is 0 Å². The van der Waals surface area contributed by atoms with Crippen LogP contribution in [0.15, 0.2) is 29.2 Å². The summed E-state index contributed by atoms with van der Waals surface area (Å²) in [6.45, 7) is 0.0450. The molecular weight excluding hydrogens is 319 g/mol. The zero-order chi connectivity index (χ0) is 16.6. The Bertz CT molecular complexity index is 635. The van der Waals surface area contributed by atoms with Gasteiger partial charge in [-0.25, -0.2) is 8.42 Å². The number of hydrogen-bond acceptors (Lipinski definition) is 4. The van der Waals surface area contributed by atoms with Crippen LogP contribution in [-0.2, 0) is 16.0 Å². The number of nitrogens with two attached hydrogens (primary N) is 1. The highest BCUT2D eigenvalue weighted by atomic mass is 32.2. The Morgan fingerprint density at radius 2 is 1.86 bits per heavy atom. The summed E-state index contributed by atoms with van der Waals surface area (Å²) in [5.74, 6) is 0. The van der Waals surface area contributed by atoms with Crippen molar-refractivity contribution in [2.24, 2.45) is 5.73 Å². The lowest BCUT2D eigenvalue weighted by molar-refractivity contribution is -0.137. The first-order valence-electron chi connectivity index (χ1n) is 6.92. The highest BCUT2D eigenvalue weighted by Gasteiger charge is 2.39. The van der Waals surface area contributed by atoms with Crippen LogP contribution in [-0.4, -0.2) is 30.9 Å². The topological polar surface area (TPSA) is 80.4 Å². The Morgan fingerprint density at radius 3 is 2.36 bits per heavy atom. The van der Waals surface area contributed by atoms with E-state index in [9.17, 15) is 26.7 Å². The van der Waals surface area contributed by atoms with Gasteiger partial charge in [0, 0.05) is 6.54 Å². The number of halogens is 3. The fraction of sp³-hybridized carbons (Fsp3) is 0.571. The zero-order valence-electron chi connectivity index (χ0n) is 11.8. The summed E-state index contributed by atoms with van der Waals surface area (Å²) < 4.78 is 63.1. The van der Waals surface area contributed by atoms with Crippen LogP contribution in [0.25, 0.3) is 0 Å². The van der Waals surface area contributed by atoms with Crippen molar-refractivity contribution in [3.05, 3.63) is 29.8 Å². The molecule has 0 heterocycles. The van der Waals surface area contributed by atoms with E-state index < -0.39 is 32.4 Å². The van der Waals surface area contributed by atoms with E-state index in [4.69, 9.17) is 5.73 Å². The summed E-state index contributed by atoms with van der Waals surface area (Å²) in [7, 11) is -3.86. The van der Waals surface area contributed by atoms with E-state index in [0.29, 0.717) is 6.07 Å². The molecule has 1 aromatic rings. The quantitative estimate of drug-likeness (QED) is 0.885. The van der Waals surface area contributed by atoms with Crippen LogP contribution in [0.3, 0.4) is 0 Å². The van der Waals surface area contributed by atoms with Gasteiger partial charge in [0.05, 0.1) is 21.3 Å². The lowest BCUT2D eigenvalue weighted by Crippen LogP contribution is -2.43. The molecule has 0 aromatic heterocycles. The van der Waals surface area contributed by atoms with Crippen LogP contribution in [0.1, 0.15) is 31.2 Å². The molecule has 3 N–H and O–H groups in total. The highest BCUT2D eigenvalue weighted by Crippen LogP contribution is 2.36. The van der Waals surface area contributed by atoms with Gasteiger partial charge in [-0.05, 0) is 43.9 Å². The molecule has 0 unspecified atom stereocenters.